The maximum absolute atomic E-state index is 9.39. The number of anilines is 2. The first-order valence-corrected chi connectivity index (χ1v) is 5.83. The first kappa shape index (κ1) is 11.7. The highest BCUT2D eigenvalue weighted by Crippen LogP contribution is 2.27. The molecule has 0 fully saturated rings. The second-order valence-corrected chi connectivity index (χ2v) is 4.07. The average molecular weight is 227 g/mol. The van der Waals surface area contributed by atoms with Gasteiger partial charge in [0.25, 0.3) is 0 Å². The van der Waals surface area contributed by atoms with Crippen LogP contribution in [0.2, 0.25) is 0 Å². The number of hydrogen-bond donors (Lipinski definition) is 1. The third-order valence-electron chi connectivity index (χ3n) is 2.77. The van der Waals surface area contributed by atoms with Crippen LogP contribution in [0.4, 0.5) is 11.4 Å². The molecule has 0 saturated heterocycles. The van der Waals surface area contributed by atoms with Gasteiger partial charge in [-0.25, -0.2) is 0 Å². The van der Waals surface area contributed by atoms with Crippen LogP contribution in [0.3, 0.4) is 0 Å². The van der Waals surface area contributed by atoms with Gasteiger partial charge in [-0.15, -0.1) is 0 Å². The molecule has 88 valence electrons. The van der Waals surface area contributed by atoms with Crippen molar-refractivity contribution in [3.8, 4) is 0 Å². The van der Waals surface area contributed by atoms with Gasteiger partial charge in [0.05, 0.1) is 12.6 Å². The summed E-state index contributed by atoms with van der Waals surface area (Å²) in [6, 6.07) is 20.3. The number of hydrogen-bond acceptors (Lipinski definition) is 2. The number of nitrogens with zero attached hydrogens (tertiary/aromatic N) is 1. The van der Waals surface area contributed by atoms with Crippen molar-refractivity contribution in [1.29, 1.82) is 0 Å². The van der Waals surface area contributed by atoms with E-state index < -0.39 is 0 Å². The van der Waals surface area contributed by atoms with E-state index in [9.17, 15) is 5.11 Å². The fourth-order valence-electron chi connectivity index (χ4n) is 1.92. The molecule has 0 aliphatic carbocycles. The highest BCUT2D eigenvalue weighted by Gasteiger charge is 2.14. The van der Waals surface area contributed by atoms with Crippen LogP contribution >= 0.6 is 0 Å². The van der Waals surface area contributed by atoms with Crippen LogP contribution in [0, 0.1) is 0 Å². The largest absolute Gasteiger partial charge is 0.394 e. The second kappa shape index (κ2) is 5.51. The van der Waals surface area contributed by atoms with Crippen molar-refractivity contribution >= 4 is 11.4 Å². The zero-order valence-electron chi connectivity index (χ0n) is 9.95. The lowest BCUT2D eigenvalue weighted by atomic mass is 10.2. The molecule has 0 unspecified atom stereocenters. The fraction of sp³-hybridized carbons (Fsp3) is 0.200. The first-order valence-electron chi connectivity index (χ1n) is 5.83. The fourth-order valence-corrected chi connectivity index (χ4v) is 1.92. The van der Waals surface area contributed by atoms with E-state index in [0.717, 1.165) is 11.4 Å². The van der Waals surface area contributed by atoms with Gasteiger partial charge in [0, 0.05) is 11.4 Å². The Bertz CT molecular complexity index is 401. The van der Waals surface area contributed by atoms with E-state index in [4.69, 9.17) is 0 Å². The monoisotopic (exact) mass is 227 g/mol. The Morgan fingerprint density at radius 1 is 0.882 bits per heavy atom. The minimum atomic E-state index is 0.0554. The molecule has 0 aliphatic heterocycles. The molecule has 2 heteroatoms. The van der Waals surface area contributed by atoms with Crippen molar-refractivity contribution in [2.45, 2.75) is 13.0 Å². The molecule has 0 amide bonds. The molecule has 0 radical (unpaired) electrons. The molecule has 1 N–H and O–H groups in total. The lowest BCUT2D eigenvalue weighted by Gasteiger charge is -2.30. The Labute approximate surface area is 102 Å². The molecule has 2 aromatic rings. The second-order valence-electron chi connectivity index (χ2n) is 4.07. The molecular weight excluding hydrogens is 210 g/mol. The van der Waals surface area contributed by atoms with Gasteiger partial charge in [0.1, 0.15) is 0 Å². The van der Waals surface area contributed by atoms with Gasteiger partial charge in [-0.1, -0.05) is 36.4 Å². The minimum Gasteiger partial charge on any atom is -0.394 e. The van der Waals surface area contributed by atoms with E-state index in [2.05, 4.69) is 29.2 Å². The topological polar surface area (TPSA) is 23.5 Å². The van der Waals surface area contributed by atoms with Crippen LogP contribution < -0.4 is 4.90 Å². The quantitative estimate of drug-likeness (QED) is 0.867. The Kier molecular flexibility index (Phi) is 3.78. The van der Waals surface area contributed by atoms with Crippen molar-refractivity contribution in [2.24, 2.45) is 0 Å². The van der Waals surface area contributed by atoms with Crippen molar-refractivity contribution in [1.82, 2.24) is 0 Å². The van der Waals surface area contributed by atoms with Gasteiger partial charge < -0.3 is 10.0 Å². The Hall–Kier alpha value is -1.80. The number of benzene rings is 2. The third kappa shape index (κ3) is 2.66. The lowest BCUT2D eigenvalue weighted by molar-refractivity contribution is 0.273. The van der Waals surface area contributed by atoms with Crippen molar-refractivity contribution < 1.29 is 5.11 Å². The van der Waals surface area contributed by atoms with Crippen LogP contribution in [0.15, 0.2) is 60.7 Å². The molecule has 0 bridgehead atoms. The van der Waals surface area contributed by atoms with Crippen LogP contribution in [0.5, 0.6) is 0 Å². The molecule has 17 heavy (non-hydrogen) atoms. The number of aliphatic hydroxyl groups excluding tert-OH is 1. The van der Waals surface area contributed by atoms with Gasteiger partial charge in [0.15, 0.2) is 0 Å². The van der Waals surface area contributed by atoms with Crippen LogP contribution in [-0.4, -0.2) is 17.8 Å². The average Bonchev–Trinajstić information content (AvgIpc) is 2.41. The maximum atomic E-state index is 9.39. The van der Waals surface area contributed by atoms with E-state index >= 15 is 0 Å². The summed E-state index contributed by atoms with van der Waals surface area (Å²) in [4.78, 5) is 2.14. The standard InChI is InChI=1S/C15H17NO/c1-13(12-17)16(14-8-4-2-5-9-14)15-10-6-3-7-11-15/h2-11,13,17H,12H2,1H3/t13-/m0/s1. The molecule has 2 nitrogen and oxygen atoms in total. The molecule has 0 aliphatic rings. The first-order chi connectivity index (χ1) is 8.33. The van der Waals surface area contributed by atoms with Gasteiger partial charge in [0.2, 0.25) is 0 Å². The van der Waals surface area contributed by atoms with Crippen LogP contribution in [0.1, 0.15) is 6.92 Å². The van der Waals surface area contributed by atoms with Crippen LogP contribution in [0.25, 0.3) is 0 Å². The summed E-state index contributed by atoms with van der Waals surface area (Å²) in [5, 5.41) is 9.39. The number of aliphatic hydroxyl groups is 1. The Balaban J connectivity index is 2.39. The normalized spacial score (nSPS) is 12.1. The molecule has 0 spiro atoms. The van der Waals surface area contributed by atoms with Gasteiger partial charge >= 0.3 is 0 Å². The summed E-state index contributed by atoms with van der Waals surface area (Å²) < 4.78 is 0. The van der Waals surface area contributed by atoms with Crippen LogP contribution in [-0.2, 0) is 0 Å². The number of rotatable bonds is 4. The van der Waals surface area contributed by atoms with E-state index in [-0.39, 0.29) is 12.6 Å². The highest BCUT2D eigenvalue weighted by molar-refractivity contribution is 5.63. The predicted octanol–water partition coefficient (Wildman–Crippen LogP) is 3.21. The molecule has 0 aromatic heterocycles. The summed E-state index contributed by atoms with van der Waals surface area (Å²) in [6.07, 6.45) is 0. The predicted molar refractivity (Wildman–Crippen MR) is 71.6 cm³/mol. The summed E-state index contributed by atoms with van der Waals surface area (Å²) in [7, 11) is 0. The van der Waals surface area contributed by atoms with E-state index in [0.29, 0.717) is 0 Å². The smallest absolute Gasteiger partial charge is 0.0636 e. The summed E-state index contributed by atoms with van der Waals surface area (Å²) in [6.45, 7) is 2.14. The molecule has 2 aromatic carbocycles. The summed E-state index contributed by atoms with van der Waals surface area (Å²) >= 11 is 0. The molecule has 2 rings (SSSR count). The van der Waals surface area contributed by atoms with Gasteiger partial charge in [-0.2, -0.15) is 0 Å². The van der Waals surface area contributed by atoms with Gasteiger partial charge in [-0.3, -0.25) is 0 Å². The maximum Gasteiger partial charge on any atom is 0.0636 e. The summed E-state index contributed by atoms with van der Waals surface area (Å²) in [5.41, 5.74) is 2.19. The Morgan fingerprint density at radius 3 is 1.65 bits per heavy atom. The van der Waals surface area contributed by atoms with Gasteiger partial charge in [-0.05, 0) is 31.2 Å². The zero-order chi connectivity index (χ0) is 12.1. The minimum absolute atomic E-state index is 0.0554. The van der Waals surface area contributed by atoms with Crippen molar-refractivity contribution in [2.75, 3.05) is 11.5 Å². The summed E-state index contributed by atoms with van der Waals surface area (Å²) in [5.74, 6) is 0. The highest BCUT2D eigenvalue weighted by atomic mass is 16.3. The third-order valence-corrected chi connectivity index (χ3v) is 2.77. The lowest BCUT2D eigenvalue weighted by Crippen LogP contribution is -2.31. The zero-order valence-corrected chi connectivity index (χ0v) is 9.95. The SMILES string of the molecule is C[C@@H](CO)N(c1ccccc1)c1ccccc1. The molecule has 0 saturated carbocycles. The molecule has 1 atom stereocenters. The Morgan fingerprint density at radius 2 is 1.29 bits per heavy atom. The molecule has 0 heterocycles. The molecular formula is C15H17NO. The van der Waals surface area contributed by atoms with Crippen molar-refractivity contribution in [3.63, 3.8) is 0 Å². The van der Waals surface area contributed by atoms with Crippen molar-refractivity contribution in [3.05, 3.63) is 60.7 Å². The number of para-hydroxylation sites is 2. The van der Waals surface area contributed by atoms with E-state index in [1.54, 1.807) is 0 Å². The van der Waals surface area contributed by atoms with E-state index in [1.807, 2.05) is 43.3 Å². The van der Waals surface area contributed by atoms with E-state index in [1.165, 1.54) is 0 Å².